The second-order valence-electron chi connectivity index (χ2n) is 16.4. The Kier molecular flexibility index (Phi) is 14.0. The first-order chi connectivity index (χ1) is 32.2. The number of likely N-dealkylation sites (tertiary alicyclic amines) is 1. The second-order valence-corrected chi connectivity index (χ2v) is 16.4. The van der Waals surface area contributed by atoms with Gasteiger partial charge in [0.15, 0.2) is 0 Å². The van der Waals surface area contributed by atoms with E-state index in [4.69, 9.17) is 19.7 Å². The molecule has 4 N–H and O–H groups in total. The highest BCUT2D eigenvalue weighted by Gasteiger charge is 2.43. The summed E-state index contributed by atoms with van der Waals surface area (Å²) in [5.74, 6) is -2.50. The summed E-state index contributed by atoms with van der Waals surface area (Å²) in [7, 11) is 0. The molecule has 67 heavy (non-hydrogen) atoms. The standard InChI is InChI=1S/C46H47F3N10O8/c1-27-37(20-32(24-51-27)54-42(62)28-3-2-4-30(17-28)46(47,48)49)29-18-39(58-11-13-65-14-12-58)43(53-23-29)67-16-15-66-35-7-9-57(10-8-35)26-33(56-50)25-52-31-5-6-36-38(19-31)45(64)59(44(36)63)34-21-40(60)55-41(61)22-34/h2-6,17-20,23-25,34-35,50,52H,7-16,21-22,26H2,1H3,(H,54,62)(H,55,60,61)/b33-25-,56-50?. The number of nitrogens with zero attached hydrogens (tertiary/aromatic N) is 6. The Hall–Kier alpha value is -7.10. The maximum Gasteiger partial charge on any atom is 0.416 e. The summed E-state index contributed by atoms with van der Waals surface area (Å²) in [5, 5.41) is 11.6. The second kappa shape index (κ2) is 20.2. The molecule has 3 saturated heterocycles. The van der Waals surface area contributed by atoms with Crippen LogP contribution in [0.4, 0.5) is 30.2 Å². The van der Waals surface area contributed by atoms with E-state index in [-0.39, 0.29) is 42.2 Å². The Labute approximate surface area is 382 Å². The van der Waals surface area contributed by atoms with Crippen LogP contribution >= 0.6 is 0 Å². The molecule has 350 valence electrons. The number of fused-ring (bicyclic) bond motifs is 1. The van der Waals surface area contributed by atoms with Gasteiger partial charge in [-0.2, -0.15) is 18.3 Å². The molecule has 0 radical (unpaired) electrons. The first kappa shape index (κ1) is 46.4. The van der Waals surface area contributed by atoms with E-state index >= 15 is 0 Å². The van der Waals surface area contributed by atoms with Crippen LogP contribution in [0.25, 0.3) is 11.1 Å². The van der Waals surface area contributed by atoms with Gasteiger partial charge in [0.05, 0.1) is 66.2 Å². The Balaban J connectivity index is 0.828. The van der Waals surface area contributed by atoms with Crippen LogP contribution in [0.2, 0.25) is 0 Å². The van der Waals surface area contributed by atoms with Gasteiger partial charge in [-0.25, -0.2) is 10.5 Å². The number of rotatable bonds is 15. The van der Waals surface area contributed by atoms with Crippen molar-refractivity contribution in [1.82, 2.24) is 25.1 Å². The summed E-state index contributed by atoms with van der Waals surface area (Å²) in [6, 6.07) is 11.7. The zero-order valence-electron chi connectivity index (χ0n) is 36.4. The number of halogens is 3. The number of amides is 5. The number of piperidine rings is 2. The fraction of sp³-hybridized carbons (Fsp3) is 0.370. The molecular formula is C46H47F3N10O8. The normalized spacial score (nSPS) is 17.6. The van der Waals surface area contributed by atoms with Crippen LogP contribution in [0, 0.1) is 12.5 Å². The quantitative estimate of drug-likeness (QED) is 0.0630. The minimum absolute atomic E-state index is 0.0171. The van der Waals surface area contributed by atoms with Gasteiger partial charge in [0.1, 0.15) is 12.3 Å². The molecule has 4 aliphatic heterocycles. The minimum Gasteiger partial charge on any atom is -0.474 e. The largest absolute Gasteiger partial charge is 0.474 e. The average molecular weight is 925 g/mol. The van der Waals surface area contributed by atoms with Gasteiger partial charge in [-0.1, -0.05) is 6.07 Å². The van der Waals surface area contributed by atoms with E-state index in [2.05, 4.69) is 40.8 Å². The van der Waals surface area contributed by atoms with E-state index in [1.807, 2.05) is 13.0 Å². The predicted molar refractivity (Wildman–Crippen MR) is 236 cm³/mol. The lowest BCUT2D eigenvalue weighted by Crippen LogP contribution is -2.50. The van der Waals surface area contributed by atoms with Gasteiger partial charge in [0.25, 0.3) is 17.7 Å². The van der Waals surface area contributed by atoms with Gasteiger partial charge in [-0.05, 0) is 68.3 Å². The lowest BCUT2D eigenvalue weighted by molar-refractivity contribution is -0.138. The predicted octanol–water partition coefficient (Wildman–Crippen LogP) is 5.81. The van der Waals surface area contributed by atoms with Crippen LogP contribution in [0.5, 0.6) is 5.88 Å². The number of pyridine rings is 2. The molecule has 2 aromatic heterocycles. The molecule has 0 bridgehead atoms. The smallest absolute Gasteiger partial charge is 0.416 e. The highest BCUT2D eigenvalue weighted by atomic mass is 19.4. The van der Waals surface area contributed by atoms with Gasteiger partial charge < -0.3 is 29.7 Å². The van der Waals surface area contributed by atoms with Crippen molar-refractivity contribution in [3.63, 3.8) is 0 Å². The van der Waals surface area contributed by atoms with E-state index in [9.17, 15) is 37.1 Å². The van der Waals surface area contributed by atoms with Crippen LogP contribution in [-0.4, -0.2) is 121 Å². The number of anilines is 3. The summed E-state index contributed by atoms with van der Waals surface area (Å²) >= 11 is 0. The van der Waals surface area contributed by atoms with Crippen molar-refractivity contribution in [2.24, 2.45) is 5.11 Å². The van der Waals surface area contributed by atoms with Gasteiger partial charge in [0.2, 0.25) is 17.7 Å². The van der Waals surface area contributed by atoms with Crippen LogP contribution in [0.3, 0.4) is 0 Å². The van der Waals surface area contributed by atoms with E-state index in [1.54, 1.807) is 24.5 Å². The summed E-state index contributed by atoms with van der Waals surface area (Å²) in [5.41, 5.74) is 11.0. The molecule has 0 aliphatic carbocycles. The summed E-state index contributed by atoms with van der Waals surface area (Å²) in [4.78, 5) is 77.5. The van der Waals surface area contributed by atoms with Gasteiger partial charge in [-0.15, -0.1) is 0 Å². The topological polar surface area (TPSA) is 221 Å². The Bertz CT molecular complexity index is 2600. The number of benzene rings is 2. The Morgan fingerprint density at radius 3 is 2.37 bits per heavy atom. The van der Waals surface area contributed by atoms with E-state index < -0.39 is 47.3 Å². The molecule has 0 saturated carbocycles. The molecule has 8 rings (SSSR count). The van der Waals surface area contributed by atoms with Crippen LogP contribution in [0.15, 0.2) is 84.0 Å². The van der Waals surface area contributed by atoms with E-state index in [0.717, 1.165) is 35.6 Å². The van der Waals surface area contributed by atoms with Crippen LogP contribution in [0.1, 0.15) is 68.0 Å². The molecule has 21 heteroatoms. The van der Waals surface area contributed by atoms with Crippen LogP contribution in [-0.2, 0) is 25.2 Å². The summed E-state index contributed by atoms with van der Waals surface area (Å²) in [6.07, 6.45) is 1.25. The Morgan fingerprint density at radius 1 is 0.910 bits per heavy atom. The molecule has 6 heterocycles. The first-order valence-corrected chi connectivity index (χ1v) is 21.7. The SMILES string of the molecule is Cc1ncc(NC(=O)c2cccc(C(F)(F)F)c2)cc1-c1cnc(OCCOC2CCN(C/C(=C/Nc3ccc4c(c3)C(=O)N(C3CC(=O)NC(=O)C3)C4=O)N=N)CC2)c(N2CCOCC2)c1. The molecule has 3 fully saturated rings. The van der Waals surface area contributed by atoms with E-state index in [1.165, 1.54) is 30.5 Å². The van der Waals surface area contributed by atoms with E-state index in [0.29, 0.717) is 92.3 Å². The zero-order chi connectivity index (χ0) is 47.2. The highest BCUT2D eigenvalue weighted by molar-refractivity contribution is 6.22. The number of imide groups is 2. The number of morpholine rings is 1. The lowest BCUT2D eigenvalue weighted by atomic mass is 10.0. The number of alkyl halides is 3. The lowest BCUT2D eigenvalue weighted by Gasteiger charge is -2.32. The number of ether oxygens (including phenoxy) is 3. The summed E-state index contributed by atoms with van der Waals surface area (Å²) in [6.45, 7) is 6.37. The molecule has 4 aliphatic rings. The molecule has 5 amide bonds. The number of aromatic nitrogens is 2. The minimum atomic E-state index is -4.59. The number of hydrogen-bond acceptors (Lipinski definition) is 15. The summed E-state index contributed by atoms with van der Waals surface area (Å²) < 4.78 is 57.8. The zero-order valence-corrected chi connectivity index (χ0v) is 36.4. The molecule has 4 aromatic rings. The average Bonchev–Trinajstić information content (AvgIpc) is 3.57. The number of aryl methyl sites for hydroxylation is 1. The first-order valence-electron chi connectivity index (χ1n) is 21.7. The van der Waals surface area contributed by atoms with Crippen molar-refractivity contribution >= 4 is 46.6 Å². The number of nitrogens with one attached hydrogen (secondary N) is 4. The van der Waals surface area contributed by atoms with Crippen molar-refractivity contribution < 1.29 is 51.4 Å². The fourth-order valence-electron chi connectivity index (χ4n) is 8.38. The molecule has 0 spiro atoms. The molecule has 18 nitrogen and oxygen atoms in total. The fourth-order valence-corrected chi connectivity index (χ4v) is 8.38. The third-order valence-corrected chi connectivity index (χ3v) is 11.8. The number of carbonyl (C=O) groups is 5. The number of carbonyl (C=O) groups excluding carboxylic acids is 5. The molecule has 0 atom stereocenters. The van der Waals surface area contributed by atoms with Crippen molar-refractivity contribution in [3.8, 4) is 17.0 Å². The third-order valence-electron chi connectivity index (χ3n) is 11.8. The molecular weight excluding hydrogens is 878 g/mol. The molecule has 0 unspecified atom stereocenters. The van der Waals surface area contributed by atoms with Crippen molar-refractivity contribution in [2.45, 2.75) is 50.9 Å². The van der Waals surface area contributed by atoms with Crippen LogP contribution < -0.4 is 25.6 Å². The third kappa shape index (κ3) is 11.0. The van der Waals surface area contributed by atoms with Gasteiger partial charge in [-0.3, -0.25) is 44.1 Å². The maximum absolute atomic E-state index is 13.3. The number of hydrogen-bond donors (Lipinski definition) is 4. The molecule has 2 aromatic carbocycles. The maximum atomic E-state index is 13.3. The highest BCUT2D eigenvalue weighted by Crippen LogP contribution is 2.35. The van der Waals surface area contributed by atoms with Gasteiger partial charge >= 0.3 is 6.18 Å². The van der Waals surface area contributed by atoms with Crippen molar-refractivity contribution in [1.29, 1.82) is 5.53 Å². The van der Waals surface area contributed by atoms with Gasteiger partial charge in [0, 0.05) is 86.0 Å². The van der Waals surface area contributed by atoms with Crippen molar-refractivity contribution in [3.05, 3.63) is 107 Å². The van der Waals surface area contributed by atoms with Crippen molar-refractivity contribution in [2.75, 3.05) is 74.7 Å². The Morgan fingerprint density at radius 2 is 1.64 bits per heavy atom. The monoisotopic (exact) mass is 924 g/mol.